The van der Waals surface area contributed by atoms with E-state index in [0.29, 0.717) is 12.2 Å². The highest BCUT2D eigenvalue weighted by Gasteiger charge is 2.07. The molecule has 0 bridgehead atoms. The highest BCUT2D eigenvalue weighted by molar-refractivity contribution is 9.13. The Balaban J connectivity index is 2.31. The molecule has 0 atom stereocenters. The van der Waals surface area contributed by atoms with E-state index in [-0.39, 0.29) is 6.61 Å². The van der Waals surface area contributed by atoms with Crippen LogP contribution in [-0.4, -0.2) is 16.9 Å². The fourth-order valence-corrected chi connectivity index (χ4v) is 1.96. The molecule has 0 fully saturated rings. The molecule has 1 aromatic carbocycles. The number of benzene rings is 1. The molecular weight excluding hydrogens is 338 g/mol. The van der Waals surface area contributed by atoms with Gasteiger partial charge in [0.1, 0.15) is 11.5 Å². The Labute approximate surface area is 110 Å². The summed E-state index contributed by atoms with van der Waals surface area (Å²) in [5, 5.41) is 12.7. The fourth-order valence-electron chi connectivity index (χ4n) is 1.33. The van der Waals surface area contributed by atoms with E-state index in [1.807, 2.05) is 24.3 Å². The van der Waals surface area contributed by atoms with Crippen molar-refractivity contribution in [3.8, 4) is 11.3 Å². The number of aliphatic hydroxyl groups is 1. The Hall–Kier alpha value is -0.650. The predicted molar refractivity (Wildman–Crippen MR) is 68.1 cm³/mol. The zero-order valence-electron chi connectivity index (χ0n) is 8.28. The molecule has 3 nitrogen and oxygen atoms in total. The highest BCUT2D eigenvalue weighted by atomic mass is 79.9. The standard InChI is InChI=1S/C11H9Br2NO2/c12-9-2-1-7(5-10(9)13)11-6-8(3-4-15)16-14-11/h1-2,5-6,15H,3-4H2. The molecule has 0 aliphatic heterocycles. The van der Waals surface area contributed by atoms with Crippen molar-refractivity contribution in [3.63, 3.8) is 0 Å². The second kappa shape index (κ2) is 5.12. The maximum Gasteiger partial charge on any atom is 0.139 e. The molecule has 0 spiro atoms. The molecule has 84 valence electrons. The Morgan fingerprint density at radius 2 is 2.00 bits per heavy atom. The summed E-state index contributed by atoms with van der Waals surface area (Å²) in [4.78, 5) is 0. The van der Waals surface area contributed by atoms with Gasteiger partial charge in [-0.25, -0.2) is 0 Å². The second-order valence-corrected chi connectivity index (χ2v) is 4.99. The van der Waals surface area contributed by atoms with Gasteiger partial charge in [-0.2, -0.15) is 0 Å². The first-order chi connectivity index (χ1) is 7.70. The largest absolute Gasteiger partial charge is 0.396 e. The van der Waals surface area contributed by atoms with Crippen molar-refractivity contribution in [1.82, 2.24) is 5.16 Å². The van der Waals surface area contributed by atoms with E-state index < -0.39 is 0 Å². The summed E-state index contributed by atoms with van der Waals surface area (Å²) in [7, 11) is 0. The lowest BCUT2D eigenvalue weighted by molar-refractivity contribution is 0.277. The number of halogens is 2. The number of nitrogens with zero attached hydrogens (tertiary/aromatic N) is 1. The van der Waals surface area contributed by atoms with Gasteiger partial charge in [-0.1, -0.05) is 11.2 Å². The summed E-state index contributed by atoms with van der Waals surface area (Å²) in [5.74, 6) is 0.691. The molecule has 2 aromatic rings. The molecule has 0 unspecified atom stereocenters. The van der Waals surface area contributed by atoms with E-state index in [2.05, 4.69) is 37.0 Å². The van der Waals surface area contributed by atoms with Crippen LogP contribution in [0.3, 0.4) is 0 Å². The minimum absolute atomic E-state index is 0.0681. The smallest absolute Gasteiger partial charge is 0.139 e. The van der Waals surface area contributed by atoms with Gasteiger partial charge in [0, 0.05) is 27.0 Å². The van der Waals surface area contributed by atoms with Crippen LogP contribution >= 0.6 is 31.9 Å². The van der Waals surface area contributed by atoms with Crippen molar-refractivity contribution in [2.45, 2.75) is 6.42 Å². The van der Waals surface area contributed by atoms with E-state index in [1.54, 1.807) is 0 Å². The van der Waals surface area contributed by atoms with Gasteiger partial charge in [0.2, 0.25) is 0 Å². The summed E-state index contributed by atoms with van der Waals surface area (Å²) >= 11 is 6.84. The van der Waals surface area contributed by atoms with Crippen molar-refractivity contribution >= 4 is 31.9 Å². The van der Waals surface area contributed by atoms with Crippen molar-refractivity contribution in [2.75, 3.05) is 6.61 Å². The molecule has 2 rings (SSSR count). The van der Waals surface area contributed by atoms with E-state index in [0.717, 1.165) is 20.2 Å². The van der Waals surface area contributed by atoms with Gasteiger partial charge in [0.25, 0.3) is 0 Å². The summed E-state index contributed by atoms with van der Waals surface area (Å²) in [6.07, 6.45) is 0.491. The number of hydrogen-bond acceptors (Lipinski definition) is 3. The number of rotatable bonds is 3. The molecule has 16 heavy (non-hydrogen) atoms. The average Bonchev–Trinajstić information content (AvgIpc) is 2.71. The van der Waals surface area contributed by atoms with Crippen LogP contribution in [0.25, 0.3) is 11.3 Å². The number of aliphatic hydroxyl groups excluding tert-OH is 1. The molecule has 0 saturated heterocycles. The first-order valence-electron chi connectivity index (χ1n) is 4.72. The lowest BCUT2D eigenvalue weighted by atomic mass is 10.1. The Morgan fingerprint density at radius 1 is 1.19 bits per heavy atom. The molecule has 1 heterocycles. The Kier molecular flexibility index (Phi) is 3.78. The molecule has 1 N–H and O–H groups in total. The molecule has 0 amide bonds. The first kappa shape index (κ1) is 11.8. The first-order valence-corrected chi connectivity index (χ1v) is 6.31. The van der Waals surface area contributed by atoms with Gasteiger partial charge in [0.15, 0.2) is 0 Å². The molecule has 1 aromatic heterocycles. The van der Waals surface area contributed by atoms with Gasteiger partial charge in [-0.15, -0.1) is 0 Å². The van der Waals surface area contributed by atoms with Crippen LogP contribution < -0.4 is 0 Å². The minimum Gasteiger partial charge on any atom is -0.396 e. The zero-order valence-corrected chi connectivity index (χ0v) is 11.5. The highest BCUT2D eigenvalue weighted by Crippen LogP contribution is 2.28. The Morgan fingerprint density at radius 3 is 2.69 bits per heavy atom. The monoisotopic (exact) mass is 345 g/mol. The molecule has 0 saturated carbocycles. The maximum atomic E-state index is 8.78. The zero-order chi connectivity index (χ0) is 11.5. The lowest BCUT2D eigenvalue weighted by Gasteiger charge is -1.98. The Bertz CT molecular complexity index is 496. The summed E-state index contributed by atoms with van der Waals surface area (Å²) in [5.41, 5.74) is 1.75. The van der Waals surface area contributed by atoms with E-state index >= 15 is 0 Å². The third-order valence-electron chi connectivity index (χ3n) is 2.13. The van der Waals surface area contributed by atoms with E-state index in [1.165, 1.54) is 0 Å². The van der Waals surface area contributed by atoms with Crippen LogP contribution in [0.4, 0.5) is 0 Å². The van der Waals surface area contributed by atoms with Crippen molar-refractivity contribution in [1.29, 1.82) is 0 Å². The van der Waals surface area contributed by atoms with Crippen LogP contribution in [0.15, 0.2) is 37.7 Å². The van der Waals surface area contributed by atoms with Crippen molar-refractivity contribution in [2.24, 2.45) is 0 Å². The van der Waals surface area contributed by atoms with Gasteiger partial charge >= 0.3 is 0 Å². The normalized spacial score (nSPS) is 10.7. The van der Waals surface area contributed by atoms with Crippen LogP contribution in [0, 0.1) is 0 Å². The van der Waals surface area contributed by atoms with Crippen molar-refractivity contribution in [3.05, 3.63) is 39.0 Å². The fraction of sp³-hybridized carbons (Fsp3) is 0.182. The van der Waals surface area contributed by atoms with Crippen LogP contribution in [0.5, 0.6) is 0 Å². The van der Waals surface area contributed by atoms with E-state index in [4.69, 9.17) is 9.63 Å². The van der Waals surface area contributed by atoms with Crippen molar-refractivity contribution < 1.29 is 9.63 Å². The van der Waals surface area contributed by atoms with Gasteiger partial charge in [0.05, 0.1) is 6.61 Å². The third-order valence-corrected chi connectivity index (χ3v) is 4.01. The summed E-state index contributed by atoms with van der Waals surface area (Å²) < 4.78 is 7.06. The third kappa shape index (κ3) is 2.53. The number of hydrogen-bond donors (Lipinski definition) is 1. The lowest BCUT2D eigenvalue weighted by Crippen LogP contribution is -1.86. The topological polar surface area (TPSA) is 46.3 Å². The van der Waals surface area contributed by atoms with Gasteiger partial charge in [-0.05, 0) is 44.0 Å². The quantitative estimate of drug-likeness (QED) is 0.926. The summed E-state index contributed by atoms with van der Waals surface area (Å²) in [6.45, 7) is 0.0681. The SMILES string of the molecule is OCCc1cc(-c2ccc(Br)c(Br)c2)no1. The molecule has 0 aliphatic rings. The molecule has 0 aliphatic carbocycles. The molecule has 5 heteroatoms. The summed E-state index contributed by atoms with van der Waals surface area (Å²) in [6, 6.07) is 7.70. The average molecular weight is 347 g/mol. The van der Waals surface area contributed by atoms with Crippen LogP contribution in [-0.2, 0) is 6.42 Å². The predicted octanol–water partition coefficient (Wildman–Crippen LogP) is 3.40. The molecule has 0 radical (unpaired) electrons. The van der Waals surface area contributed by atoms with Crippen LogP contribution in [0.1, 0.15) is 5.76 Å². The van der Waals surface area contributed by atoms with Gasteiger partial charge in [-0.3, -0.25) is 0 Å². The number of aromatic nitrogens is 1. The van der Waals surface area contributed by atoms with Crippen LogP contribution in [0.2, 0.25) is 0 Å². The van der Waals surface area contributed by atoms with E-state index in [9.17, 15) is 0 Å². The minimum atomic E-state index is 0.0681. The van der Waals surface area contributed by atoms with Gasteiger partial charge < -0.3 is 9.63 Å². The second-order valence-electron chi connectivity index (χ2n) is 3.28. The molecular formula is C11H9Br2NO2. The maximum absolute atomic E-state index is 8.78.